The van der Waals surface area contributed by atoms with Gasteiger partial charge in [0.15, 0.2) is 0 Å². The molecule has 0 fully saturated rings. The molecule has 29 heavy (non-hydrogen) atoms. The topological polar surface area (TPSA) is 77.5 Å². The van der Waals surface area contributed by atoms with Gasteiger partial charge in [-0.2, -0.15) is 0 Å². The first-order chi connectivity index (χ1) is 14.0. The van der Waals surface area contributed by atoms with Crippen LogP contribution >= 0.6 is 0 Å². The summed E-state index contributed by atoms with van der Waals surface area (Å²) < 4.78 is 11.0. The van der Waals surface area contributed by atoms with Gasteiger partial charge in [-0.15, -0.1) is 0 Å². The molecule has 3 rings (SSSR count). The van der Waals surface area contributed by atoms with Gasteiger partial charge in [0.2, 0.25) is 0 Å². The summed E-state index contributed by atoms with van der Waals surface area (Å²) in [6.07, 6.45) is 3.20. The average Bonchev–Trinajstić information content (AvgIpc) is 2.73. The van der Waals surface area contributed by atoms with Crippen LogP contribution in [0.3, 0.4) is 0 Å². The number of esters is 1. The molecule has 0 radical (unpaired) electrons. The Balaban J connectivity index is 1.67. The Labute approximate surface area is 169 Å². The lowest BCUT2D eigenvalue weighted by Crippen LogP contribution is -2.14. The molecule has 1 heterocycles. The van der Waals surface area contributed by atoms with E-state index in [9.17, 15) is 9.59 Å². The van der Waals surface area contributed by atoms with Gasteiger partial charge in [-0.3, -0.25) is 9.78 Å². The Hall–Kier alpha value is -3.67. The van der Waals surface area contributed by atoms with E-state index in [1.54, 1.807) is 68.7 Å². The Morgan fingerprint density at radius 2 is 1.66 bits per heavy atom. The van der Waals surface area contributed by atoms with Gasteiger partial charge in [0.05, 0.1) is 17.2 Å². The van der Waals surface area contributed by atoms with Crippen molar-refractivity contribution in [3.05, 3.63) is 89.7 Å². The van der Waals surface area contributed by atoms with Gasteiger partial charge >= 0.3 is 5.97 Å². The molecule has 1 amide bonds. The number of aromatic nitrogens is 1. The molecular formula is C23H22N2O4. The molecule has 0 saturated heterocycles. The summed E-state index contributed by atoms with van der Waals surface area (Å²) in [5, 5.41) is 2.82. The van der Waals surface area contributed by atoms with E-state index in [4.69, 9.17) is 9.47 Å². The standard InChI is InChI=1S/C23H22N2O4/c1-16(2)29-23(27)18-7-9-19(10-8-18)25-22(26)20-5-3-4-6-21(20)28-15-17-11-13-24-14-12-17/h3-14,16H,15H2,1-2H3,(H,25,26). The van der Waals surface area contributed by atoms with Gasteiger partial charge < -0.3 is 14.8 Å². The Bertz CT molecular complexity index is 970. The summed E-state index contributed by atoms with van der Waals surface area (Å²) in [6.45, 7) is 3.92. The summed E-state index contributed by atoms with van der Waals surface area (Å²) in [5.41, 5.74) is 2.38. The quantitative estimate of drug-likeness (QED) is 0.602. The molecule has 0 spiro atoms. The van der Waals surface area contributed by atoms with Crippen molar-refractivity contribution in [2.75, 3.05) is 5.32 Å². The predicted octanol–water partition coefficient (Wildman–Crippen LogP) is 4.48. The first-order valence-electron chi connectivity index (χ1n) is 9.26. The summed E-state index contributed by atoms with van der Waals surface area (Å²) in [4.78, 5) is 28.6. The van der Waals surface area contributed by atoms with Crippen LogP contribution in [0.1, 0.15) is 40.1 Å². The molecule has 0 saturated carbocycles. The number of carbonyl (C=O) groups is 2. The third-order valence-electron chi connectivity index (χ3n) is 4.00. The third-order valence-corrected chi connectivity index (χ3v) is 4.00. The molecule has 0 bridgehead atoms. The molecule has 1 N–H and O–H groups in total. The summed E-state index contributed by atoms with van der Waals surface area (Å²) >= 11 is 0. The Morgan fingerprint density at radius 3 is 2.34 bits per heavy atom. The fraction of sp³-hybridized carbons (Fsp3) is 0.174. The lowest BCUT2D eigenvalue weighted by molar-refractivity contribution is 0.0378. The van der Waals surface area contributed by atoms with E-state index in [0.717, 1.165) is 5.56 Å². The number of para-hydroxylation sites is 1. The largest absolute Gasteiger partial charge is 0.488 e. The monoisotopic (exact) mass is 390 g/mol. The molecule has 0 aliphatic carbocycles. The zero-order valence-electron chi connectivity index (χ0n) is 16.3. The number of benzene rings is 2. The van der Waals surface area contributed by atoms with E-state index in [-0.39, 0.29) is 12.0 Å². The highest BCUT2D eigenvalue weighted by Gasteiger charge is 2.14. The van der Waals surface area contributed by atoms with Gasteiger partial charge in [-0.25, -0.2) is 4.79 Å². The maximum Gasteiger partial charge on any atom is 0.338 e. The number of pyridine rings is 1. The fourth-order valence-electron chi connectivity index (χ4n) is 2.59. The van der Waals surface area contributed by atoms with Gasteiger partial charge in [-0.05, 0) is 67.9 Å². The van der Waals surface area contributed by atoms with E-state index in [2.05, 4.69) is 10.3 Å². The zero-order valence-corrected chi connectivity index (χ0v) is 16.3. The van der Waals surface area contributed by atoms with Crippen molar-refractivity contribution in [2.45, 2.75) is 26.6 Å². The van der Waals surface area contributed by atoms with Crippen LogP contribution in [0.5, 0.6) is 5.75 Å². The number of ether oxygens (including phenoxy) is 2. The predicted molar refractivity (Wildman–Crippen MR) is 110 cm³/mol. The average molecular weight is 390 g/mol. The molecule has 6 heteroatoms. The van der Waals surface area contributed by atoms with E-state index in [1.807, 2.05) is 18.2 Å². The normalized spacial score (nSPS) is 10.4. The smallest absolute Gasteiger partial charge is 0.338 e. The first kappa shape index (κ1) is 20.1. The minimum Gasteiger partial charge on any atom is -0.488 e. The van der Waals surface area contributed by atoms with Gasteiger partial charge in [-0.1, -0.05) is 12.1 Å². The summed E-state index contributed by atoms with van der Waals surface area (Å²) in [7, 11) is 0. The highest BCUT2D eigenvalue weighted by atomic mass is 16.5. The van der Waals surface area contributed by atoms with Gasteiger partial charge in [0, 0.05) is 18.1 Å². The molecule has 148 valence electrons. The van der Waals surface area contributed by atoms with Crippen LogP contribution in [0, 0.1) is 0 Å². The molecule has 0 atom stereocenters. The minimum atomic E-state index is -0.396. The molecule has 3 aromatic rings. The van der Waals surface area contributed by atoms with E-state index in [1.165, 1.54) is 0 Å². The van der Waals surface area contributed by atoms with E-state index >= 15 is 0 Å². The lowest BCUT2D eigenvalue weighted by Gasteiger charge is -2.12. The molecule has 0 aliphatic heterocycles. The van der Waals surface area contributed by atoms with Crippen molar-refractivity contribution in [1.29, 1.82) is 0 Å². The number of nitrogens with one attached hydrogen (secondary N) is 1. The van der Waals surface area contributed by atoms with E-state index < -0.39 is 5.97 Å². The first-order valence-corrected chi connectivity index (χ1v) is 9.26. The number of anilines is 1. The lowest BCUT2D eigenvalue weighted by atomic mass is 10.1. The van der Waals surface area contributed by atoms with Crippen LogP contribution in [0.4, 0.5) is 5.69 Å². The highest BCUT2D eigenvalue weighted by molar-refractivity contribution is 6.06. The molecule has 1 aromatic heterocycles. The third kappa shape index (κ3) is 5.65. The maximum absolute atomic E-state index is 12.7. The van der Waals surface area contributed by atoms with Crippen LogP contribution in [-0.4, -0.2) is 23.0 Å². The van der Waals surface area contributed by atoms with Crippen LogP contribution < -0.4 is 10.1 Å². The van der Waals surface area contributed by atoms with Crippen LogP contribution in [0.25, 0.3) is 0 Å². The maximum atomic E-state index is 12.7. The van der Waals surface area contributed by atoms with Crippen molar-refractivity contribution in [3.63, 3.8) is 0 Å². The van der Waals surface area contributed by atoms with Gasteiger partial charge in [0.25, 0.3) is 5.91 Å². The Morgan fingerprint density at radius 1 is 0.966 bits per heavy atom. The van der Waals surface area contributed by atoms with Crippen molar-refractivity contribution in [3.8, 4) is 5.75 Å². The van der Waals surface area contributed by atoms with E-state index in [0.29, 0.717) is 29.2 Å². The second-order valence-electron chi connectivity index (χ2n) is 6.63. The molecule has 0 aliphatic rings. The molecule has 2 aromatic carbocycles. The van der Waals surface area contributed by atoms with Crippen LogP contribution in [-0.2, 0) is 11.3 Å². The Kier molecular flexibility index (Phi) is 6.58. The van der Waals surface area contributed by atoms with Crippen LogP contribution in [0.15, 0.2) is 73.1 Å². The fourth-order valence-corrected chi connectivity index (χ4v) is 2.59. The number of amides is 1. The summed E-state index contributed by atoms with van der Waals surface area (Å²) in [6, 6.07) is 17.3. The number of hydrogen-bond donors (Lipinski definition) is 1. The second-order valence-corrected chi connectivity index (χ2v) is 6.63. The number of hydrogen-bond acceptors (Lipinski definition) is 5. The second kappa shape index (κ2) is 9.50. The van der Waals surface area contributed by atoms with Crippen molar-refractivity contribution in [2.24, 2.45) is 0 Å². The van der Waals surface area contributed by atoms with Gasteiger partial charge in [0.1, 0.15) is 12.4 Å². The van der Waals surface area contributed by atoms with Crippen molar-refractivity contribution < 1.29 is 19.1 Å². The minimum absolute atomic E-state index is 0.189. The number of carbonyl (C=O) groups excluding carboxylic acids is 2. The SMILES string of the molecule is CC(C)OC(=O)c1ccc(NC(=O)c2ccccc2OCc2ccncc2)cc1. The number of nitrogens with zero attached hydrogens (tertiary/aromatic N) is 1. The van der Waals surface area contributed by atoms with Crippen LogP contribution in [0.2, 0.25) is 0 Å². The molecule has 6 nitrogen and oxygen atoms in total. The van der Waals surface area contributed by atoms with Crippen molar-refractivity contribution in [1.82, 2.24) is 4.98 Å². The van der Waals surface area contributed by atoms with Crippen molar-refractivity contribution >= 4 is 17.6 Å². The zero-order chi connectivity index (χ0) is 20.6. The molecule has 0 unspecified atom stereocenters. The molecular weight excluding hydrogens is 368 g/mol. The number of rotatable bonds is 7. The summed E-state index contributed by atoms with van der Waals surface area (Å²) in [5.74, 6) is -0.209. The highest BCUT2D eigenvalue weighted by Crippen LogP contribution is 2.21.